The van der Waals surface area contributed by atoms with Crippen LogP contribution in [0.25, 0.3) is 5.76 Å². The van der Waals surface area contributed by atoms with E-state index in [9.17, 15) is 14.7 Å². The van der Waals surface area contributed by atoms with Crippen LogP contribution in [-0.4, -0.2) is 68.4 Å². The molecule has 0 saturated carbocycles. The molecule has 0 aromatic heterocycles. The second kappa shape index (κ2) is 9.50. The van der Waals surface area contributed by atoms with Crippen LogP contribution in [0.1, 0.15) is 30.0 Å². The number of Topliss-reactive ketones (excluding diaryl/α,β-unsaturated/α-hetero) is 1. The highest BCUT2D eigenvalue weighted by molar-refractivity contribution is 6.46. The third-order valence-electron chi connectivity index (χ3n) is 6.50. The Kier molecular flexibility index (Phi) is 6.25. The van der Waals surface area contributed by atoms with Crippen molar-refractivity contribution in [3.05, 3.63) is 53.1 Å². The van der Waals surface area contributed by atoms with Crippen LogP contribution in [0, 0.1) is 0 Å². The fraction of sp³-hybridized carbons (Fsp3) is 0.385. The van der Waals surface area contributed by atoms with Gasteiger partial charge in [-0.3, -0.25) is 9.59 Å². The standard InChI is InChI=1S/C26H27NO8/c1-31-18-7-5-15(12-20(18)32-2)23-22(25(29)26(30)27(23)14-17-4-3-9-33-17)24(28)16-6-8-19-21(13-16)35-11-10-34-19/h5-8,12-13,17,23,28H,3-4,9-11,14H2,1-2H3/b24-22+. The molecular formula is C26H27NO8. The number of aliphatic hydroxyl groups excluding tert-OH is 1. The van der Waals surface area contributed by atoms with Gasteiger partial charge in [-0.05, 0) is 48.7 Å². The lowest BCUT2D eigenvalue weighted by molar-refractivity contribution is -0.140. The summed E-state index contributed by atoms with van der Waals surface area (Å²) in [5.41, 5.74) is 0.964. The fourth-order valence-corrected chi connectivity index (χ4v) is 4.79. The number of ketones is 1. The minimum atomic E-state index is -0.827. The number of likely N-dealkylation sites (tertiary alicyclic amines) is 1. The first-order valence-electron chi connectivity index (χ1n) is 11.5. The van der Waals surface area contributed by atoms with Gasteiger partial charge in [-0.2, -0.15) is 0 Å². The van der Waals surface area contributed by atoms with Gasteiger partial charge in [0.1, 0.15) is 19.0 Å². The Morgan fingerprint density at radius 2 is 1.77 bits per heavy atom. The second-order valence-electron chi connectivity index (χ2n) is 8.56. The summed E-state index contributed by atoms with van der Waals surface area (Å²) in [6, 6.07) is 9.30. The first-order chi connectivity index (χ1) is 17.0. The molecule has 2 aromatic rings. The highest BCUT2D eigenvalue weighted by Gasteiger charge is 2.47. The zero-order valence-corrected chi connectivity index (χ0v) is 19.6. The van der Waals surface area contributed by atoms with Crippen LogP contribution in [0.2, 0.25) is 0 Å². The molecule has 3 heterocycles. The van der Waals surface area contributed by atoms with Gasteiger partial charge in [0.15, 0.2) is 23.0 Å². The number of nitrogens with zero attached hydrogens (tertiary/aromatic N) is 1. The molecule has 3 aliphatic heterocycles. The van der Waals surface area contributed by atoms with Crippen molar-refractivity contribution in [1.29, 1.82) is 0 Å². The Morgan fingerprint density at radius 1 is 1.00 bits per heavy atom. The van der Waals surface area contributed by atoms with Crippen molar-refractivity contribution in [2.45, 2.75) is 25.0 Å². The Bertz CT molecular complexity index is 1180. The lowest BCUT2D eigenvalue weighted by atomic mass is 9.94. The van der Waals surface area contributed by atoms with Crippen LogP contribution >= 0.6 is 0 Å². The van der Waals surface area contributed by atoms with E-state index in [1.54, 1.807) is 36.4 Å². The predicted molar refractivity (Wildman–Crippen MR) is 125 cm³/mol. The first-order valence-corrected chi connectivity index (χ1v) is 11.5. The van der Waals surface area contributed by atoms with Gasteiger partial charge in [0, 0.05) is 18.7 Å². The molecule has 1 amide bonds. The van der Waals surface area contributed by atoms with Gasteiger partial charge >= 0.3 is 0 Å². The van der Waals surface area contributed by atoms with Gasteiger partial charge in [-0.25, -0.2) is 0 Å². The fourth-order valence-electron chi connectivity index (χ4n) is 4.79. The third-order valence-corrected chi connectivity index (χ3v) is 6.50. The lowest BCUT2D eigenvalue weighted by Crippen LogP contribution is -2.36. The molecule has 9 nitrogen and oxygen atoms in total. The second-order valence-corrected chi connectivity index (χ2v) is 8.56. The van der Waals surface area contributed by atoms with E-state index in [1.165, 1.54) is 19.1 Å². The number of carbonyl (C=O) groups excluding carboxylic acids is 2. The molecule has 184 valence electrons. The van der Waals surface area contributed by atoms with E-state index in [0.717, 1.165) is 12.8 Å². The molecule has 0 radical (unpaired) electrons. The van der Waals surface area contributed by atoms with Crippen molar-refractivity contribution >= 4 is 17.4 Å². The molecule has 1 N–H and O–H groups in total. The van der Waals surface area contributed by atoms with E-state index in [0.29, 0.717) is 53.9 Å². The van der Waals surface area contributed by atoms with Gasteiger partial charge in [0.2, 0.25) is 0 Å². The monoisotopic (exact) mass is 481 g/mol. The third kappa shape index (κ3) is 4.16. The summed E-state index contributed by atoms with van der Waals surface area (Å²) in [5, 5.41) is 11.3. The van der Waals surface area contributed by atoms with Crippen LogP contribution < -0.4 is 18.9 Å². The Morgan fingerprint density at radius 3 is 2.49 bits per heavy atom. The molecule has 3 aliphatic rings. The molecule has 2 atom stereocenters. The summed E-state index contributed by atoms with van der Waals surface area (Å²) in [6.45, 7) is 1.68. The number of methoxy groups -OCH3 is 2. The summed E-state index contributed by atoms with van der Waals surface area (Å²) in [7, 11) is 3.04. The average molecular weight is 482 g/mol. The van der Waals surface area contributed by atoms with Gasteiger partial charge in [0.25, 0.3) is 11.7 Å². The molecule has 0 bridgehead atoms. The molecule has 35 heavy (non-hydrogen) atoms. The van der Waals surface area contributed by atoms with Crippen molar-refractivity contribution in [2.24, 2.45) is 0 Å². The van der Waals surface area contributed by atoms with E-state index in [-0.39, 0.29) is 24.0 Å². The van der Waals surface area contributed by atoms with Crippen molar-refractivity contribution < 1.29 is 38.4 Å². The minimum absolute atomic E-state index is 0.00288. The van der Waals surface area contributed by atoms with E-state index >= 15 is 0 Å². The van der Waals surface area contributed by atoms with Crippen molar-refractivity contribution in [3.63, 3.8) is 0 Å². The topological polar surface area (TPSA) is 104 Å². The van der Waals surface area contributed by atoms with Crippen molar-refractivity contribution in [2.75, 3.05) is 40.6 Å². The summed E-state index contributed by atoms with van der Waals surface area (Å²) in [4.78, 5) is 28.0. The Hall–Kier alpha value is -3.72. The summed E-state index contributed by atoms with van der Waals surface area (Å²) in [5.74, 6) is 0.273. The van der Waals surface area contributed by atoms with Crippen molar-refractivity contribution in [3.8, 4) is 23.0 Å². The quantitative estimate of drug-likeness (QED) is 0.382. The molecule has 2 aromatic carbocycles. The minimum Gasteiger partial charge on any atom is -0.507 e. The smallest absolute Gasteiger partial charge is 0.295 e. The largest absolute Gasteiger partial charge is 0.507 e. The average Bonchev–Trinajstić information content (AvgIpc) is 3.50. The Balaban J connectivity index is 1.62. The number of amides is 1. The van der Waals surface area contributed by atoms with Crippen LogP contribution in [-0.2, 0) is 14.3 Å². The van der Waals surface area contributed by atoms with E-state index in [2.05, 4.69) is 0 Å². The number of ether oxygens (including phenoxy) is 5. The summed E-state index contributed by atoms with van der Waals surface area (Å²) in [6.07, 6.45) is 1.52. The molecule has 5 rings (SSSR count). The number of hydrogen-bond acceptors (Lipinski definition) is 8. The normalized spacial score (nSPS) is 23.0. The molecule has 2 unspecified atom stereocenters. The summed E-state index contributed by atoms with van der Waals surface area (Å²) >= 11 is 0. The van der Waals surface area contributed by atoms with Gasteiger partial charge in [-0.15, -0.1) is 0 Å². The molecule has 2 saturated heterocycles. The number of hydrogen-bond donors (Lipinski definition) is 1. The highest BCUT2D eigenvalue weighted by Crippen LogP contribution is 2.43. The zero-order valence-electron chi connectivity index (χ0n) is 19.6. The summed E-state index contributed by atoms with van der Waals surface area (Å²) < 4.78 is 27.7. The number of rotatable bonds is 6. The van der Waals surface area contributed by atoms with Gasteiger partial charge in [-0.1, -0.05) is 6.07 Å². The van der Waals surface area contributed by atoms with Gasteiger partial charge in [0.05, 0.1) is 31.9 Å². The van der Waals surface area contributed by atoms with Crippen LogP contribution in [0.15, 0.2) is 42.0 Å². The van der Waals surface area contributed by atoms with Crippen LogP contribution in [0.3, 0.4) is 0 Å². The first kappa shape index (κ1) is 23.0. The maximum absolute atomic E-state index is 13.3. The predicted octanol–water partition coefficient (Wildman–Crippen LogP) is 3.08. The maximum atomic E-state index is 13.3. The zero-order chi connectivity index (χ0) is 24.5. The molecule has 9 heteroatoms. The highest BCUT2D eigenvalue weighted by atomic mass is 16.6. The van der Waals surface area contributed by atoms with Crippen LogP contribution in [0.4, 0.5) is 0 Å². The maximum Gasteiger partial charge on any atom is 0.295 e. The van der Waals surface area contributed by atoms with E-state index in [4.69, 9.17) is 23.7 Å². The lowest BCUT2D eigenvalue weighted by Gasteiger charge is -2.28. The number of carbonyl (C=O) groups is 2. The SMILES string of the molecule is COc1ccc(C2/C(=C(\O)c3ccc4c(c3)OCCO4)C(=O)C(=O)N2CC2CCCO2)cc1OC. The Labute approximate surface area is 202 Å². The number of fused-ring (bicyclic) bond motifs is 1. The number of benzene rings is 2. The van der Waals surface area contributed by atoms with E-state index < -0.39 is 17.7 Å². The van der Waals surface area contributed by atoms with Gasteiger partial charge < -0.3 is 33.7 Å². The number of aliphatic hydroxyl groups is 1. The molecule has 0 spiro atoms. The molecule has 2 fully saturated rings. The molecular weight excluding hydrogens is 454 g/mol. The van der Waals surface area contributed by atoms with E-state index in [1.807, 2.05) is 0 Å². The van der Waals surface area contributed by atoms with Crippen molar-refractivity contribution in [1.82, 2.24) is 4.90 Å². The molecule has 0 aliphatic carbocycles. The van der Waals surface area contributed by atoms with Crippen LogP contribution in [0.5, 0.6) is 23.0 Å².